The van der Waals surface area contributed by atoms with Gasteiger partial charge in [0.25, 0.3) is 0 Å². The number of anilines is 1. The van der Waals surface area contributed by atoms with E-state index < -0.39 is 35.5 Å². The third-order valence-electron chi connectivity index (χ3n) is 8.57. The number of carbonyl (C=O) groups excluding carboxylic acids is 1. The van der Waals surface area contributed by atoms with Gasteiger partial charge in [0.05, 0.1) is 18.8 Å². The molecule has 0 heterocycles. The Morgan fingerprint density at radius 2 is 1.49 bits per heavy atom. The predicted molar refractivity (Wildman–Crippen MR) is 188 cm³/mol. The third-order valence-corrected chi connectivity index (χ3v) is 14.8. The summed E-state index contributed by atoms with van der Waals surface area (Å²) in [6, 6.07) is 28.7. The Balaban J connectivity index is 1.73. The van der Waals surface area contributed by atoms with Gasteiger partial charge in [-0.25, -0.2) is 12.8 Å². The maximum atomic E-state index is 14.4. The normalized spacial score (nSPS) is 13.4. The molecular formula is C37H44FNO6SSi. The van der Waals surface area contributed by atoms with Crippen LogP contribution in [0.1, 0.15) is 61.2 Å². The Kier molecular flexibility index (Phi) is 11.7. The first-order valence-corrected chi connectivity index (χ1v) is 20.0. The predicted octanol–water partition coefficient (Wildman–Crippen LogP) is 8.95. The Bertz CT molecular complexity index is 1730. The molecule has 0 bridgehead atoms. The lowest BCUT2D eigenvalue weighted by Gasteiger charge is -2.39. The summed E-state index contributed by atoms with van der Waals surface area (Å²) >= 11 is 0. The second kappa shape index (κ2) is 15.3. The van der Waals surface area contributed by atoms with E-state index >= 15 is 0 Å². The van der Waals surface area contributed by atoms with Crippen molar-refractivity contribution in [3.8, 4) is 11.5 Å². The summed E-state index contributed by atoms with van der Waals surface area (Å²) in [6.07, 6.45) is -0.439. The average molecular weight is 678 g/mol. The molecule has 0 aliphatic heterocycles. The van der Waals surface area contributed by atoms with Crippen LogP contribution in [0.3, 0.4) is 0 Å². The first-order valence-electron chi connectivity index (χ1n) is 15.6. The minimum Gasteiger partial charge on any atom is -0.497 e. The quantitative estimate of drug-likeness (QED) is 0.0998. The average Bonchev–Trinajstić information content (AvgIpc) is 3.03. The summed E-state index contributed by atoms with van der Waals surface area (Å²) in [7, 11) is -5.14. The molecule has 0 aromatic heterocycles. The van der Waals surface area contributed by atoms with Gasteiger partial charge >= 0.3 is 0 Å². The van der Waals surface area contributed by atoms with Crippen LogP contribution >= 0.6 is 0 Å². The van der Waals surface area contributed by atoms with E-state index in [1.54, 1.807) is 54.6 Å². The number of benzene rings is 4. The van der Waals surface area contributed by atoms with E-state index in [0.717, 1.165) is 5.56 Å². The van der Waals surface area contributed by atoms with E-state index in [4.69, 9.17) is 13.9 Å². The maximum Gasteiger partial charge on any atom is 0.243 e. The van der Waals surface area contributed by atoms with E-state index in [2.05, 4.69) is 38.6 Å². The van der Waals surface area contributed by atoms with Gasteiger partial charge < -0.3 is 13.9 Å². The summed E-state index contributed by atoms with van der Waals surface area (Å²) in [4.78, 5) is 14.4. The van der Waals surface area contributed by atoms with Crippen molar-refractivity contribution < 1.29 is 31.5 Å². The Labute approximate surface area is 279 Å². The second-order valence-corrected chi connectivity index (χ2v) is 19.6. The lowest BCUT2D eigenvalue weighted by Crippen LogP contribution is -2.42. The number of carbonyl (C=O) groups is 1. The zero-order valence-electron chi connectivity index (χ0n) is 27.8. The zero-order chi connectivity index (χ0) is 34.2. The van der Waals surface area contributed by atoms with Gasteiger partial charge in [0, 0.05) is 11.8 Å². The van der Waals surface area contributed by atoms with Crippen LogP contribution in [0.2, 0.25) is 18.1 Å². The van der Waals surface area contributed by atoms with E-state index in [9.17, 15) is 17.6 Å². The smallest absolute Gasteiger partial charge is 0.243 e. The summed E-state index contributed by atoms with van der Waals surface area (Å²) < 4.78 is 63.0. The molecule has 4 aromatic carbocycles. The van der Waals surface area contributed by atoms with Crippen LogP contribution in [0.5, 0.6) is 11.5 Å². The zero-order valence-corrected chi connectivity index (χ0v) is 29.6. The minimum absolute atomic E-state index is 0.0676. The fourth-order valence-electron chi connectivity index (χ4n) is 4.84. The van der Waals surface area contributed by atoms with Crippen LogP contribution in [0.4, 0.5) is 10.1 Å². The van der Waals surface area contributed by atoms with Crippen molar-refractivity contribution in [2.75, 3.05) is 11.8 Å². The number of methoxy groups -OCH3 is 1. The highest BCUT2D eigenvalue weighted by Crippen LogP contribution is 2.41. The Morgan fingerprint density at radius 3 is 2.09 bits per heavy atom. The van der Waals surface area contributed by atoms with Crippen molar-refractivity contribution in [2.24, 2.45) is 0 Å². The molecule has 0 aliphatic carbocycles. The first kappa shape index (κ1) is 35.9. The standard InChI is InChI=1S/C37H44FNO6SSi/c1-37(2,3)47(5,6)45-33(28-17-19-29(38)20-18-28)23-24-35(46(41,42)39-30-15-11-8-12-16-30)36(40)32-22-21-31(43-4)25-34(32)44-26-27-13-9-7-10-14-27/h7-22,25,33,35,39H,23-24,26H2,1-6H3/t33-,35?/m0/s1. The minimum atomic E-state index is -4.27. The molecule has 0 radical (unpaired) electrons. The molecule has 0 saturated heterocycles. The lowest BCUT2D eigenvalue weighted by atomic mass is 9.99. The monoisotopic (exact) mass is 677 g/mol. The van der Waals surface area contributed by atoms with E-state index in [-0.39, 0.29) is 41.6 Å². The molecule has 7 nitrogen and oxygen atoms in total. The van der Waals surface area contributed by atoms with Gasteiger partial charge in [0.2, 0.25) is 10.0 Å². The van der Waals surface area contributed by atoms with Gasteiger partial charge in [-0.1, -0.05) is 81.4 Å². The molecule has 4 aromatic rings. The second-order valence-electron chi connectivity index (χ2n) is 13.0. The molecule has 1 unspecified atom stereocenters. The number of halogens is 1. The van der Waals surface area contributed by atoms with Gasteiger partial charge in [-0.3, -0.25) is 9.52 Å². The molecule has 0 spiro atoms. The third kappa shape index (κ3) is 9.53. The number of Topliss-reactive ketones (excluding diaryl/α,β-unsaturated/α-hetero) is 1. The topological polar surface area (TPSA) is 90.9 Å². The van der Waals surface area contributed by atoms with Crippen LogP contribution < -0.4 is 14.2 Å². The van der Waals surface area contributed by atoms with Crippen LogP contribution in [0.25, 0.3) is 0 Å². The molecule has 0 saturated carbocycles. The highest BCUT2D eigenvalue weighted by molar-refractivity contribution is 7.94. The fourth-order valence-corrected chi connectivity index (χ4v) is 7.62. The van der Waals surface area contributed by atoms with Crippen LogP contribution in [0.15, 0.2) is 103 Å². The lowest BCUT2D eigenvalue weighted by molar-refractivity contribution is 0.0970. The number of ketones is 1. The van der Waals surface area contributed by atoms with Crippen molar-refractivity contribution in [2.45, 2.75) is 69.7 Å². The molecule has 0 aliphatic rings. The van der Waals surface area contributed by atoms with Gasteiger partial charge in [-0.05, 0) is 78.5 Å². The molecule has 4 rings (SSSR count). The number of para-hydroxylation sites is 1. The molecule has 10 heteroatoms. The fraction of sp³-hybridized carbons (Fsp3) is 0.324. The number of hydrogen-bond donors (Lipinski definition) is 1. The summed E-state index contributed by atoms with van der Waals surface area (Å²) in [5.74, 6) is -0.328. The van der Waals surface area contributed by atoms with Crippen molar-refractivity contribution in [3.05, 3.63) is 126 Å². The Hall–Kier alpha value is -3.99. The molecule has 1 N–H and O–H groups in total. The number of sulfonamides is 1. The number of ether oxygens (including phenoxy) is 2. The van der Waals surface area contributed by atoms with Crippen molar-refractivity contribution >= 4 is 29.8 Å². The van der Waals surface area contributed by atoms with Crippen molar-refractivity contribution in [1.82, 2.24) is 0 Å². The number of nitrogens with one attached hydrogen (secondary N) is 1. The first-order chi connectivity index (χ1) is 22.2. The van der Waals surface area contributed by atoms with Gasteiger partial charge in [0.15, 0.2) is 14.1 Å². The Morgan fingerprint density at radius 1 is 0.872 bits per heavy atom. The number of hydrogen-bond acceptors (Lipinski definition) is 6. The highest BCUT2D eigenvalue weighted by Gasteiger charge is 2.41. The van der Waals surface area contributed by atoms with Gasteiger partial charge in [-0.15, -0.1) is 0 Å². The summed E-state index contributed by atoms with van der Waals surface area (Å²) in [6.45, 7) is 10.7. The van der Waals surface area contributed by atoms with E-state index in [1.165, 1.54) is 25.3 Å². The molecule has 2 atom stereocenters. The van der Waals surface area contributed by atoms with Crippen LogP contribution in [0, 0.1) is 5.82 Å². The number of rotatable bonds is 15. The molecule has 0 amide bonds. The molecule has 250 valence electrons. The van der Waals surface area contributed by atoms with Crippen molar-refractivity contribution in [1.29, 1.82) is 0 Å². The maximum absolute atomic E-state index is 14.4. The summed E-state index contributed by atoms with van der Waals surface area (Å²) in [5, 5.41) is -1.64. The van der Waals surface area contributed by atoms with Gasteiger partial charge in [0.1, 0.15) is 29.2 Å². The summed E-state index contributed by atoms with van der Waals surface area (Å²) in [5.41, 5.74) is 2.06. The highest BCUT2D eigenvalue weighted by atomic mass is 32.2. The molecule has 47 heavy (non-hydrogen) atoms. The SMILES string of the molecule is COc1ccc(C(=O)C(CC[C@H](O[Si](C)(C)C(C)(C)C)c2ccc(F)cc2)S(=O)(=O)Nc2ccccc2)c(OCc2ccccc2)c1. The molecular weight excluding hydrogens is 634 g/mol. The van der Waals surface area contributed by atoms with E-state index in [0.29, 0.717) is 17.0 Å². The van der Waals surface area contributed by atoms with E-state index in [1.807, 2.05) is 30.3 Å². The van der Waals surface area contributed by atoms with Crippen LogP contribution in [-0.2, 0) is 21.1 Å². The van der Waals surface area contributed by atoms with Crippen molar-refractivity contribution in [3.63, 3.8) is 0 Å². The van der Waals surface area contributed by atoms with Crippen LogP contribution in [-0.4, -0.2) is 34.9 Å². The van der Waals surface area contributed by atoms with Gasteiger partial charge in [-0.2, -0.15) is 0 Å². The largest absolute Gasteiger partial charge is 0.497 e. The molecule has 0 fully saturated rings.